The molecule has 0 aliphatic carbocycles. The first-order chi connectivity index (χ1) is 57.4. The number of phenols is 2. The molecule has 0 spiro atoms. The van der Waals surface area contributed by atoms with Crippen LogP contribution in [0.2, 0.25) is 5.28 Å². The molecule has 0 radical (unpaired) electrons. The second-order valence-electron chi connectivity index (χ2n) is 29.3. The van der Waals surface area contributed by atoms with E-state index in [-0.39, 0.29) is 22.6 Å². The summed E-state index contributed by atoms with van der Waals surface area (Å²) in [6, 6.07) is 78.0. The lowest BCUT2D eigenvalue weighted by Gasteiger charge is -2.38. The largest absolute Gasteiger partial charge is 0.508 e. The number of fused-ring (bicyclic) bond motifs is 2. The minimum Gasteiger partial charge on any atom is -0.508 e. The number of rotatable bonds is 16. The van der Waals surface area contributed by atoms with Gasteiger partial charge in [0, 0.05) is 94.5 Å². The molecule has 6 aromatic heterocycles. The number of hydrogen-bond donors (Lipinski definition) is 8. The first-order valence-corrected chi connectivity index (χ1v) is 40.5. The molecule has 118 heavy (non-hydrogen) atoms. The van der Waals surface area contributed by atoms with Crippen molar-refractivity contribution in [3.05, 3.63) is 329 Å². The highest BCUT2D eigenvalue weighted by atomic mass is 79.9. The van der Waals surface area contributed by atoms with Gasteiger partial charge in [0.1, 0.15) is 54.6 Å². The van der Waals surface area contributed by atoms with E-state index in [1.165, 1.54) is 16.7 Å². The zero-order chi connectivity index (χ0) is 82.1. The van der Waals surface area contributed by atoms with Crippen LogP contribution in [-0.2, 0) is 47.9 Å². The van der Waals surface area contributed by atoms with E-state index < -0.39 is 16.8 Å². The van der Waals surface area contributed by atoms with Crippen LogP contribution in [0.1, 0.15) is 90.3 Å². The van der Waals surface area contributed by atoms with Crippen molar-refractivity contribution in [1.29, 1.82) is 0 Å². The number of likely N-dealkylation sites (tertiary alicyclic amines) is 2. The van der Waals surface area contributed by atoms with Crippen molar-refractivity contribution >= 4 is 73.2 Å². The number of carbonyl (C=O) groups is 1. The number of ether oxygens (including phenoxy) is 2. The number of benzene rings is 8. The molecule has 18 rings (SSSR count). The highest BCUT2D eigenvalue weighted by Gasteiger charge is 2.37. The van der Waals surface area contributed by atoms with Crippen LogP contribution in [0.5, 0.6) is 23.0 Å². The van der Waals surface area contributed by atoms with Gasteiger partial charge < -0.3 is 56.7 Å². The van der Waals surface area contributed by atoms with E-state index in [0.717, 1.165) is 140 Å². The van der Waals surface area contributed by atoms with Gasteiger partial charge in [-0.2, -0.15) is 19.9 Å². The zero-order valence-electron chi connectivity index (χ0n) is 65.4. The van der Waals surface area contributed by atoms with E-state index in [1.807, 2.05) is 131 Å². The average molecular weight is 1670 g/mol. The summed E-state index contributed by atoms with van der Waals surface area (Å²) in [4.78, 5) is 51.5. The Hall–Kier alpha value is -12.0. The lowest BCUT2D eigenvalue weighted by Crippen LogP contribution is -2.43. The van der Waals surface area contributed by atoms with Gasteiger partial charge in [0.2, 0.25) is 11.2 Å². The molecule has 10 heterocycles. The number of nitrogens with zero attached hydrogens (tertiary/aromatic N) is 13. The Morgan fingerprint density at radius 2 is 0.805 bits per heavy atom. The number of aliphatic hydroxyl groups is 3. The maximum absolute atomic E-state index is 11.2. The topological polar surface area (TPSA) is 323 Å². The molecule has 0 saturated carbocycles. The summed E-state index contributed by atoms with van der Waals surface area (Å²) < 4.78 is 16.2. The van der Waals surface area contributed by atoms with Crippen LogP contribution in [0.3, 0.4) is 0 Å². The van der Waals surface area contributed by atoms with Crippen LogP contribution < -0.4 is 31.2 Å². The zero-order valence-corrected chi connectivity index (χ0v) is 67.7. The number of phenolic OH excluding ortho intramolecular Hbond substituents is 2. The number of hydrogen-bond acceptors (Lipinski definition) is 22. The lowest BCUT2D eigenvalue weighted by atomic mass is 9.84. The molecule has 606 valence electrons. The smallest absolute Gasteiger partial charge is 0.229 e. The van der Waals surface area contributed by atoms with E-state index in [0.29, 0.717) is 79.0 Å². The van der Waals surface area contributed by atoms with E-state index in [9.17, 15) is 25.2 Å². The normalized spacial score (nSPS) is 15.5. The number of aromatic nitrogens is 10. The van der Waals surface area contributed by atoms with Gasteiger partial charge in [-0.05, 0) is 187 Å². The molecule has 10 N–H and O–H groups in total. The fourth-order valence-electron chi connectivity index (χ4n) is 14.3. The summed E-state index contributed by atoms with van der Waals surface area (Å²) >= 11 is 9.17. The van der Waals surface area contributed by atoms with E-state index >= 15 is 0 Å². The number of halogens is 2. The van der Waals surface area contributed by atoms with Gasteiger partial charge in [0.25, 0.3) is 0 Å². The number of imidazole rings is 2. The number of nitrogens with one attached hydrogen (secondary N) is 1. The SMILES string of the molecule is Brc1ccc(OCc2ccccc2)cc1.Nc1nc(Cl)nc2c1ncn2-c1ccncc1.Nc1nc(N2CCC(O)(c3ccc(O)cc3)CC2)nc2c1ncn2-c1ccncc1.O=C1CCN(Cc2ccccc2)CC1.OC1(c2ccc(OCc3ccccc3)cc2)CCN(Cc2ccccc2)CC1.Oc1ccc(C2(O)CCNCC2)cc1. The molecule has 0 unspecified atom stereocenters. The number of aromatic hydroxyl groups is 2. The Labute approximate surface area is 699 Å². The summed E-state index contributed by atoms with van der Waals surface area (Å²) in [5.74, 6) is 3.67. The highest BCUT2D eigenvalue weighted by molar-refractivity contribution is 9.10. The maximum atomic E-state index is 11.2. The number of piperidine rings is 4. The fourth-order valence-corrected chi connectivity index (χ4v) is 14.7. The van der Waals surface area contributed by atoms with Crippen molar-refractivity contribution in [1.82, 2.24) is 64.1 Å². The third-order valence-corrected chi connectivity index (χ3v) is 21.8. The van der Waals surface area contributed by atoms with Crippen molar-refractivity contribution in [2.45, 2.75) is 94.5 Å². The summed E-state index contributed by atoms with van der Waals surface area (Å²) in [7, 11) is 0. The maximum Gasteiger partial charge on any atom is 0.229 e. The molecular weight excluding hydrogens is 1570 g/mol. The Morgan fingerprint density at radius 3 is 1.25 bits per heavy atom. The Bertz CT molecular complexity index is 5420. The van der Waals surface area contributed by atoms with Crippen LogP contribution in [0.15, 0.2) is 285 Å². The van der Waals surface area contributed by atoms with Crippen LogP contribution in [0.25, 0.3) is 33.7 Å². The fraction of sp³-hybridized carbons (Fsp3) is 0.250. The lowest BCUT2D eigenvalue weighted by molar-refractivity contribution is -0.121. The van der Waals surface area contributed by atoms with Crippen molar-refractivity contribution in [3.8, 4) is 34.4 Å². The molecule has 4 aliphatic heterocycles. The molecule has 0 amide bonds. The number of pyridine rings is 2. The molecule has 26 heteroatoms. The molecule has 4 aliphatic rings. The van der Waals surface area contributed by atoms with Crippen molar-refractivity contribution in [2.75, 3.05) is 68.7 Å². The van der Waals surface area contributed by atoms with Gasteiger partial charge in [-0.3, -0.25) is 33.7 Å². The summed E-state index contributed by atoms with van der Waals surface area (Å²) in [6.07, 6.45) is 15.6. The van der Waals surface area contributed by atoms with Crippen molar-refractivity contribution < 1.29 is 39.8 Å². The molecule has 14 aromatic rings. The predicted octanol–water partition coefficient (Wildman–Crippen LogP) is 15.0. The first-order valence-electron chi connectivity index (χ1n) is 39.3. The number of nitrogens with two attached hydrogens (primary N) is 2. The Morgan fingerprint density at radius 1 is 0.432 bits per heavy atom. The molecule has 4 fully saturated rings. The monoisotopic (exact) mass is 1670 g/mol. The second kappa shape index (κ2) is 40.7. The number of carbonyl (C=O) groups excluding carboxylic acids is 1. The summed E-state index contributed by atoms with van der Waals surface area (Å²) in [5, 5.41) is 54.5. The molecule has 4 saturated heterocycles. The molecule has 24 nitrogen and oxygen atoms in total. The number of ketones is 1. The third kappa shape index (κ3) is 23.2. The standard InChI is InChI=1S/C25H27NO2.C21H21N7O2.C13H11BrO.C12H15NO.C11H15NO2.C10H7ClN6/c27-25(15-17-26(18-16-25)19-21-7-3-1-4-8-21)23-11-13-24(14-12-23)28-20-22-9-5-2-6-10-22;22-18-17-19(28(13-24-17)15-5-9-23-10-6-15)26-20(25-18)27-11-7-21(30,8-12-27)14-1-3-16(29)4-2-14;14-12-6-8-13(9-7-12)15-10-11-4-2-1-3-5-11;14-12-6-8-13(9-7-12)10-11-4-2-1-3-5-11;13-10-3-1-9(2-4-10)11(14)5-7-12-8-6-11;11-10-15-8(12)7-9(16-10)17(5-14-7)6-1-3-13-4-2-6/h1-14,27H,15-20H2;1-6,9-10,13,29-30H,7-8,11-12H2,(H2,22,25,26);1-9H,10H2;1-5H,6-10H2;1-4,12-14H,5-8H2;1-5H,(H2,12,15,16). The quantitative estimate of drug-likeness (QED) is 0.0417. The van der Waals surface area contributed by atoms with E-state index in [1.54, 1.807) is 90.5 Å². The van der Waals surface area contributed by atoms with Gasteiger partial charge in [0.05, 0.1) is 28.2 Å². The summed E-state index contributed by atoms with van der Waals surface area (Å²) in [5.41, 5.74) is 21.2. The van der Waals surface area contributed by atoms with Crippen LogP contribution in [0.4, 0.5) is 17.6 Å². The van der Waals surface area contributed by atoms with Gasteiger partial charge in [0.15, 0.2) is 34.0 Å². The van der Waals surface area contributed by atoms with Gasteiger partial charge in [-0.15, -0.1) is 0 Å². The molecule has 0 bridgehead atoms. The van der Waals surface area contributed by atoms with Gasteiger partial charge in [-0.1, -0.05) is 174 Å². The van der Waals surface area contributed by atoms with Crippen LogP contribution in [0, 0.1) is 0 Å². The van der Waals surface area contributed by atoms with Gasteiger partial charge in [-0.25, -0.2) is 9.97 Å². The number of anilines is 3. The van der Waals surface area contributed by atoms with Crippen molar-refractivity contribution in [2.24, 2.45) is 0 Å². The van der Waals surface area contributed by atoms with Crippen LogP contribution >= 0.6 is 27.5 Å². The van der Waals surface area contributed by atoms with Crippen molar-refractivity contribution in [3.63, 3.8) is 0 Å². The van der Waals surface area contributed by atoms with E-state index in [4.69, 9.17) is 42.6 Å². The first kappa shape index (κ1) is 83.9. The Kier molecular flexibility index (Phi) is 28.9. The Balaban J connectivity index is 0.000000127. The predicted molar refractivity (Wildman–Crippen MR) is 463 cm³/mol. The average Bonchev–Trinajstić information content (AvgIpc) is 1.42. The van der Waals surface area contributed by atoms with Crippen LogP contribution in [-0.4, -0.2) is 142 Å². The second-order valence-corrected chi connectivity index (χ2v) is 30.5. The minimum atomic E-state index is -0.946. The third-order valence-electron chi connectivity index (χ3n) is 21.1. The molecular formula is C92H96BrClN16O8. The number of nitrogen functional groups attached to an aromatic ring is 2. The van der Waals surface area contributed by atoms with E-state index in [2.05, 4.69) is 139 Å². The molecule has 8 aromatic carbocycles. The minimum absolute atomic E-state index is 0.103. The molecule has 0 atom stereocenters. The van der Waals surface area contributed by atoms with Gasteiger partial charge >= 0.3 is 0 Å². The summed E-state index contributed by atoms with van der Waals surface area (Å²) in [6.45, 7) is 9.58. The highest BCUT2D eigenvalue weighted by Crippen LogP contribution is 2.38. The number of Topliss-reactive ketones (excluding diaryl/α,β-unsaturated/α-hetero) is 1.